The molecule has 1 N–H and O–H groups in total. The van der Waals surface area contributed by atoms with Crippen LogP contribution in [0.25, 0.3) is 5.57 Å². The highest BCUT2D eigenvalue weighted by Gasteiger charge is 2.23. The predicted octanol–water partition coefficient (Wildman–Crippen LogP) is 2.04. The van der Waals surface area contributed by atoms with Crippen LogP contribution < -0.4 is 0 Å². The summed E-state index contributed by atoms with van der Waals surface area (Å²) in [5.41, 5.74) is 0.616. The summed E-state index contributed by atoms with van der Waals surface area (Å²) >= 11 is 11.8. The van der Waals surface area contributed by atoms with Crippen molar-refractivity contribution in [1.29, 1.82) is 0 Å². The number of aliphatic carboxylic acids is 1. The van der Waals surface area contributed by atoms with Crippen LogP contribution in [0.1, 0.15) is 5.56 Å². The fourth-order valence-electron chi connectivity index (χ4n) is 2.46. The van der Waals surface area contributed by atoms with E-state index in [9.17, 15) is 18.3 Å². The van der Waals surface area contributed by atoms with Crippen LogP contribution in [-0.4, -0.2) is 67.7 Å². The van der Waals surface area contributed by atoms with Crippen LogP contribution in [-0.2, 0) is 14.8 Å². The van der Waals surface area contributed by atoms with Gasteiger partial charge in [0, 0.05) is 32.7 Å². The molecule has 0 unspecified atom stereocenters. The fourth-order valence-corrected chi connectivity index (χ4v) is 3.58. The molecular formula is C15H18Cl2N2O4S. The predicted molar refractivity (Wildman–Crippen MR) is 94.9 cm³/mol. The summed E-state index contributed by atoms with van der Waals surface area (Å²) in [4.78, 5) is 13.5. The number of benzene rings is 1. The highest BCUT2D eigenvalue weighted by molar-refractivity contribution is 7.88. The van der Waals surface area contributed by atoms with Crippen molar-refractivity contribution < 1.29 is 18.3 Å². The standard InChI is InChI=1S/C15H18Cl2N2O4S/c1-24(22,23)19-8-6-18(7-9-19)5-4-12(15(20)21)11-2-3-13(16)14(17)10-11/h2-4,10H,5-9H2,1H3,(H,20,21)/b12-4-. The van der Waals surface area contributed by atoms with E-state index in [1.807, 2.05) is 4.90 Å². The second kappa shape index (κ2) is 7.84. The number of carboxylic acids is 1. The summed E-state index contributed by atoms with van der Waals surface area (Å²) < 4.78 is 24.4. The van der Waals surface area contributed by atoms with Crippen molar-refractivity contribution in [3.8, 4) is 0 Å². The van der Waals surface area contributed by atoms with Gasteiger partial charge in [-0.2, -0.15) is 4.31 Å². The van der Waals surface area contributed by atoms with Crippen molar-refractivity contribution in [3.63, 3.8) is 0 Å². The molecule has 0 bridgehead atoms. The average molecular weight is 393 g/mol. The summed E-state index contributed by atoms with van der Waals surface area (Å²) in [5.74, 6) is -1.05. The van der Waals surface area contributed by atoms with Gasteiger partial charge in [-0.3, -0.25) is 4.90 Å². The SMILES string of the molecule is CS(=O)(=O)N1CCN(C/C=C(\C(=O)O)c2ccc(Cl)c(Cl)c2)CC1. The first-order valence-electron chi connectivity index (χ1n) is 7.25. The smallest absolute Gasteiger partial charge is 0.336 e. The van der Waals surface area contributed by atoms with Gasteiger partial charge in [-0.05, 0) is 17.7 Å². The van der Waals surface area contributed by atoms with Crippen LogP contribution in [0.3, 0.4) is 0 Å². The molecule has 1 fully saturated rings. The molecule has 1 aliphatic rings. The van der Waals surface area contributed by atoms with E-state index in [0.29, 0.717) is 48.3 Å². The van der Waals surface area contributed by atoms with Crippen LogP contribution in [0, 0.1) is 0 Å². The summed E-state index contributed by atoms with van der Waals surface area (Å²) in [5, 5.41) is 10.1. The normalized spacial score (nSPS) is 17.9. The first-order valence-corrected chi connectivity index (χ1v) is 9.85. The zero-order valence-corrected chi connectivity index (χ0v) is 15.4. The van der Waals surface area contributed by atoms with E-state index < -0.39 is 16.0 Å². The van der Waals surface area contributed by atoms with Gasteiger partial charge < -0.3 is 5.11 Å². The number of sulfonamides is 1. The Morgan fingerprint density at radius 1 is 1.21 bits per heavy atom. The number of rotatable bonds is 5. The second-order valence-electron chi connectivity index (χ2n) is 5.51. The zero-order chi connectivity index (χ0) is 17.9. The maximum Gasteiger partial charge on any atom is 0.336 e. The highest BCUT2D eigenvalue weighted by atomic mass is 35.5. The van der Waals surface area contributed by atoms with Gasteiger partial charge in [-0.1, -0.05) is 35.3 Å². The van der Waals surface area contributed by atoms with Crippen LogP contribution in [0.5, 0.6) is 0 Å². The summed E-state index contributed by atoms with van der Waals surface area (Å²) in [6.07, 6.45) is 2.80. The molecule has 0 aliphatic carbocycles. The molecule has 0 radical (unpaired) electrons. The van der Waals surface area contributed by atoms with Gasteiger partial charge in [-0.25, -0.2) is 13.2 Å². The van der Waals surface area contributed by atoms with Crippen LogP contribution in [0.15, 0.2) is 24.3 Å². The first kappa shape index (κ1) is 19.2. The second-order valence-corrected chi connectivity index (χ2v) is 8.31. The molecule has 1 aliphatic heterocycles. The lowest BCUT2D eigenvalue weighted by atomic mass is 10.1. The minimum absolute atomic E-state index is 0.138. The molecule has 6 nitrogen and oxygen atoms in total. The van der Waals surface area contributed by atoms with Gasteiger partial charge in [0.25, 0.3) is 0 Å². The molecule has 1 saturated heterocycles. The molecule has 0 saturated carbocycles. The Morgan fingerprint density at radius 3 is 2.33 bits per heavy atom. The van der Waals surface area contributed by atoms with Gasteiger partial charge in [0.15, 0.2) is 0 Å². The molecule has 1 heterocycles. The Morgan fingerprint density at radius 2 is 1.83 bits per heavy atom. The Hall–Kier alpha value is -1.12. The molecule has 0 aromatic heterocycles. The van der Waals surface area contributed by atoms with Gasteiger partial charge in [0.05, 0.1) is 21.9 Å². The summed E-state index contributed by atoms with van der Waals surface area (Å²) in [7, 11) is -3.18. The van der Waals surface area contributed by atoms with Gasteiger partial charge in [0.1, 0.15) is 0 Å². The Labute approximate surface area is 151 Å². The largest absolute Gasteiger partial charge is 0.478 e. The lowest BCUT2D eigenvalue weighted by Gasteiger charge is -2.32. The van der Waals surface area contributed by atoms with E-state index in [1.165, 1.54) is 16.6 Å². The van der Waals surface area contributed by atoms with Crippen molar-refractivity contribution in [2.45, 2.75) is 0 Å². The molecule has 0 amide bonds. The Kier molecular flexibility index (Phi) is 6.28. The van der Waals surface area contributed by atoms with Crippen molar-refractivity contribution in [2.75, 3.05) is 39.0 Å². The molecule has 0 spiro atoms. The topological polar surface area (TPSA) is 77.9 Å². The first-order chi connectivity index (χ1) is 11.2. The number of nitrogens with zero attached hydrogens (tertiary/aromatic N) is 2. The third-order valence-electron chi connectivity index (χ3n) is 3.81. The van der Waals surface area contributed by atoms with E-state index in [2.05, 4.69) is 0 Å². The number of hydrogen-bond acceptors (Lipinski definition) is 4. The Bertz CT molecular complexity index is 757. The number of piperazine rings is 1. The number of hydrogen-bond donors (Lipinski definition) is 1. The van der Waals surface area contributed by atoms with E-state index in [4.69, 9.17) is 23.2 Å². The van der Waals surface area contributed by atoms with Crippen molar-refractivity contribution in [1.82, 2.24) is 9.21 Å². The molecule has 2 rings (SSSR count). The molecule has 1 aromatic carbocycles. The number of carboxylic acid groups (broad SMARTS) is 1. The fraction of sp³-hybridized carbons (Fsp3) is 0.400. The van der Waals surface area contributed by atoms with Gasteiger partial charge >= 0.3 is 5.97 Å². The third kappa shape index (κ3) is 4.94. The molecule has 1 aromatic rings. The van der Waals surface area contributed by atoms with Crippen LogP contribution in [0.2, 0.25) is 10.0 Å². The monoisotopic (exact) mass is 392 g/mol. The van der Waals surface area contributed by atoms with Crippen molar-refractivity contribution in [3.05, 3.63) is 39.9 Å². The lowest BCUT2D eigenvalue weighted by molar-refractivity contribution is -0.130. The van der Waals surface area contributed by atoms with Crippen molar-refractivity contribution >= 4 is 44.8 Å². The molecule has 132 valence electrons. The minimum atomic E-state index is -3.18. The zero-order valence-electron chi connectivity index (χ0n) is 13.1. The third-order valence-corrected chi connectivity index (χ3v) is 5.86. The summed E-state index contributed by atoms with van der Waals surface area (Å²) in [6, 6.07) is 4.68. The highest BCUT2D eigenvalue weighted by Crippen LogP contribution is 2.26. The average Bonchev–Trinajstić information content (AvgIpc) is 2.50. The lowest BCUT2D eigenvalue weighted by Crippen LogP contribution is -2.48. The molecule has 0 atom stereocenters. The van der Waals surface area contributed by atoms with Crippen molar-refractivity contribution in [2.24, 2.45) is 0 Å². The van der Waals surface area contributed by atoms with E-state index in [0.717, 1.165) is 0 Å². The maximum absolute atomic E-state index is 11.5. The molecular weight excluding hydrogens is 375 g/mol. The van der Waals surface area contributed by atoms with Crippen LogP contribution >= 0.6 is 23.2 Å². The maximum atomic E-state index is 11.5. The van der Waals surface area contributed by atoms with Gasteiger partial charge in [0.2, 0.25) is 10.0 Å². The van der Waals surface area contributed by atoms with E-state index >= 15 is 0 Å². The number of halogens is 2. The number of carbonyl (C=O) groups is 1. The molecule has 9 heteroatoms. The van der Waals surface area contributed by atoms with Gasteiger partial charge in [-0.15, -0.1) is 0 Å². The molecule has 24 heavy (non-hydrogen) atoms. The van der Waals surface area contributed by atoms with Crippen LogP contribution in [0.4, 0.5) is 0 Å². The quantitative estimate of drug-likeness (QED) is 0.775. The van der Waals surface area contributed by atoms with E-state index in [1.54, 1.807) is 18.2 Å². The minimum Gasteiger partial charge on any atom is -0.478 e. The Balaban J connectivity index is 2.08. The van der Waals surface area contributed by atoms with E-state index in [-0.39, 0.29) is 5.57 Å². The summed E-state index contributed by atoms with van der Waals surface area (Å²) in [6.45, 7) is 2.33.